The fourth-order valence-electron chi connectivity index (χ4n) is 10.1. The third kappa shape index (κ3) is 2.08. The summed E-state index contributed by atoms with van der Waals surface area (Å²) in [7, 11) is -0.302. The fraction of sp³-hybridized carbons (Fsp3) is 0.913. The number of allylic oxidation sites excluding steroid dienone is 1. The van der Waals surface area contributed by atoms with Gasteiger partial charge in [-0.1, -0.05) is 12.7 Å². The highest BCUT2D eigenvalue weighted by atomic mass is 31.1. The van der Waals surface area contributed by atoms with Crippen molar-refractivity contribution in [2.45, 2.75) is 87.4 Å². The third-order valence-electron chi connectivity index (χ3n) is 9.71. The van der Waals surface area contributed by atoms with Gasteiger partial charge in [0.25, 0.3) is 0 Å². The van der Waals surface area contributed by atoms with Crippen molar-refractivity contribution in [2.24, 2.45) is 35.5 Å². The molecule has 0 nitrogen and oxygen atoms in total. The summed E-state index contributed by atoms with van der Waals surface area (Å²) in [4.78, 5) is 0. The molecule has 0 aromatic carbocycles. The minimum atomic E-state index is -0.302. The maximum absolute atomic E-state index is 4.28. The molecule has 8 rings (SSSR count). The van der Waals surface area contributed by atoms with Crippen LogP contribution in [0.5, 0.6) is 0 Å². The Kier molecular flexibility index (Phi) is 3.25. The summed E-state index contributed by atoms with van der Waals surface area (Å²) >= 11 is 0. The van der Waals surface area contributed by atoms with Crippen molar-refractivity contribution in [3.8, 4) is 0 Å². The second-order valence-corrected chi connectivity index (χ2v) is 14.9. The van der Waals surface area contributed by atoms with Gasteiger partial charge in [-0.25, -0.2) is 0 Å². The van der Waals surface area contributed by atoms with E-state index in [-0.39, 0.29) is 7.92 Å². The molecule has 8 bridgehead atoms. The SMILES string of the molecule is C=CC[PH+](C12CC3CC(CC(C3)C1)C2)C12CC3CC(CC(C3)C1)C2. The summed E-state index contributed by atoms with van der Waals surface area (Å²) in [5.41, 5.74) is 0. The predicted molar refractivity (Wildman–Crippen MR) is 105 cm³/mol. The second-order valence-electron chi connectivity index (χ2n) is 11.4. The van der Waals surface area contributed by atoms with Gasteiger partial charge in [0.2, 0.25) is 0 Å². The Bertz CT molecular complexity index is 432. The Morgan fingerprint density at radius 2 is 0.917 bits per heavy atom. The molecule has 8 fully saturated rings. The van der Waals surface area contributed by atoms with E-state index in [4.69, 9.17) is 0 Å². The molecule has 0 amide bonds. The second kappa shape index (κ2) is 5.12. The van der Waals surface area contributed by atoms with E-state index in [1.165, 1.54) is 6.16 Å². The highest BCUT2D eigenvalue weighted by Crippen LogP contribution is 2.78. The van der Waals surface area contributed by atoms with Crippen molar-refractivity contribution in [1.29, 1.82) is 0 Å². The fourth-order valence-corrected chi connectivity index (χ4v) is 15.6. The van der Waals surface area contributed by atoms with Gasteiger partial charge in [-0.05, 0) is 113 Å². The zero-order valence-electron chi connectivity index (χ0n) is 15.4. The van der Waals surface area contributed by atoms with E-state index in [2.05, 4.69) is 12.7 Å². The first-order valence-corrected chi connectivity index (χ1v) is 12.8. The average molecular weight is 344 g/mol. The predicted octanol–water partition coefficient (Wildman–Crippen LogP) is 6.32. The number of hydrogen-bond acceptors (Lipinski definition) is 0. The summed E-state index contributed by atoms with van der Waals surface area (Å²) in [5.74, 6) is 6.81. The van der Waals surface area contributed by atoms with E-state index >= 15 is 0 Å². The van der Waals surface area contributed by atoms with Crippen molar-refractivity contribution >= 4 is 7.92 Å². The Labute approximate surface area is 150 Å². The molecule has 0 atom stereocenters. The molecular formula is C23H36P+. The lowest BCUT2D eigenvalue weighted by atomic mass is 9.55. The molecule has 0 unspecified atom stereocenters. The lowest BCUT2D eigenvalue weighted by Crippen LogP contribution is -2.56. The van der Waals surface area contributed by atoms with Gasteiger partial charge >= 0.3 is 0 Å². The van der Waals surface area contributed by atoms with Gasteiger partial charge in [0.15, 0.2) is 0 Å². The smallest absolute Gasteiger partial charge is 0.0793 e. The molecule has 1 heteroatoms. The standard InChI is InChI=1S/C23H35P/c1-2-3-24(22-10-16-4-17(11-22)6-18(5-16)12-22)23-13-19-7-20(14-23)9-21(8-19)15-23/h2,16-21H,1,3-15H2/p+1. The molecule has 0 aromatic rings. The summed E-state index contributed by atoms with van der Waals surface area (Å²) < 4.78 is 0. The van der Waals surface area contributed by atoms with E-state index in [1.807, 2.05) is 0 Å². The normalized spacial score (nSPS) is 58.2. The van der Waals surface area contributed by atoms with Crippen molar-refractivity contribution in [2.75, 3.05) is 6.16 Å². The van der Waals surface area contributed by atoms with Crippen LogP contribution in [0.25, 0.3) is 0 Å². The van der Waals surface area contributed by atoms with E-state index in [0.29, 0.717) is 0 Å². The molecule has 0 heterocycles. The van der Waals surface area contributed by atoms with E-state index in [0.717, 1.165) is 45.8 Å². The zero-order chi connectivity index (χ0) is 15.9. The highest BCUT2D eigenvalue weighted by molar-refractivity contribution is 7.61. The lowest BCUT2D eigenvalue weighted by Gasteiger charge is -2.63. The van der Waals surface area contributed by atoms with Crippen LogP contribution in [0.4, 0.5) is 0 Å². The maximum Gasteiger partial charge on any atom is 0.0793 e. The Morgan fingerprint density at radius 3 is 1.17 bits per heavy atom. The molecule has 0 radical (unpaired) electrons. The first kappa shape index (κ1) is 15.2. The molecule has 8 aliphatic carbocycles. The molecule has 0 aliphatic heterocycles. The lowest BCUT2D eigenvalue weighted by molar-refractivity contribution is 0.0187. The Balaban J connectivity index is 1.39. The molecule has 8 saturated carbocycles. The van der Waals surface area contributed by atoms with Crippen LogP contribution >= 0.6 is 7.92 Å². The summed E-state index contributed by atoms with van der Waals surface area (Å²) in [6.07, 6.45) is 23.4. The van der Waals surface area contributed by atoms with Crippen LogP contribution in [0.2, 0.25) is 0 Å². The van der Waals surface area contributed by atoms with Gasteiger partial charge < -0.3 is 0 Å². The van der Waals surface area contributed by atoms with Gasteiger partial charge in [0.1, 0.15) is 0 Å². The summed E-state index contributed by atoms with van der Waals surface area (Å²) in [6.45, 7) is 4.28. The molecule has 0 N–H and O–H groups in total. The van der Waals surface area contributed by atoms with Crippen molar-refractivity contribution in [3.63, 3.8) is 0 Å². The summed E-state index contributed by atoms with van der Waals surface area (Å²) in [5, 5.41) is 1.69. The Hall–Kier alpha value is 0.170. The van der Waals surface area contributed by atoms with E-state index in [1.54, 1.807) is 77.0 Å². The molecule has 24 heavy (non-hydrogen) atoms. The van der Waals surface area contributed by atoms with Crippen LogP contribution in [-0.4, -0.2) is 16.5 Å². The van der Waals surface area contributed by atoms with Crippen LogP contribution < -0.4 is 0 Å². The minimum absolute atomic E-state index is 0.302. The molecule has 0 spiro atoms. The number of hydrogen-bond donors (Lipinski definition) is 0. The first-order chi connectivity index (χ1) is 11.7. The van der Waals surface area contributed by atoms with Crippen LogP contribution in [-0.2, 0) is 0 Å². The molecular weight excluding hydrogens is 307 g/mol. The minimum Gasteiger partial charge on any atom is -0.0995 e. The van der Waals surface area contributed by atoms with Crippen LogP contribution in [0.15, 0.2) is 12.7 Å². The molecule has 0 aromatic heterocycles. The van der Waals surface area contributed by atoms with E-state index in [9.17, 15) is 0 Å². The van der Waals surface area contributed by atoms with Crippen molar-refractivity contribution in [3.05, 3.63) is 12.7 Å². The quantitative estimate of drug-likeness (QED) is 0.413. The van der Waals surface area contributed by atoms with Crippen LogP contribution in [0.3, 0.4) is 0 Å². The first-order valence-electron chi connectivity index (χ1n) is 11.1. The Morgan fingerprint density at radius 1 is 0.625 bits per heavy atom. The monoisotopic (exact) mass is 343 g/mol. The molecule has 8 aliphatic rings. The van der Waals surface area contributed by atoms with Crippen LogP contribution in [0, 0.1) is 35.5 Å². The van der Waals surface area contributed by atoms with Crippen LogP contribution in [0.1, 0.15) is 77.0 Å². The van der Waals surface area contributed by atoms with Gasteiger partial charge in [0.05, 0.1) is 16.5 Å². The third-order valence-corrected chi connectivity index (χ3v) is 14.2. The zero-order valence-corrected chi connectivity index (χ0v) is 16.4. The van der Waals surface area contributed by atoms with Gasteiger partial charge in [-0.15, -0.1) is 0 Å². The van der Waals surface area contributed by atoms with Crippen molar-refractivity contribution in [1.82, 2.24) is 0 Å². The maximum atomic E-state index is 4.28. The van der Waals surface area contributed by atoms with Crippen molar-refractivity contribution < 1.29 is 0 Å². The topological polar surface area (TPSA) is 0 Å². The van der Waals surface area contributed by atoms with E-state index < -0.39 is 0 Å². The van der Waals surface area contributed by atoms with Gasteiger partial charge in [-0.2, -0.15) is 0 Å². The van der Waals surface area contributed by atoms with Gasteiger partial charge in [0, 0.05) is 7.92 Å². The number of rotatable bonds is 4. The molecule has 132 valence electrons. The summed E-state index contributed by atoms with van der Waals surface area (Å²) in [6, 6.07) is 0. The average Bonchev–Trinajstić information content (AvgIpc) is 2.49. The van der Waals surface area contributed by atoms with Gasteiger partial charge in [-0.3, -0.25) is 0 Å². The molecule has 0 saturated heterocycles. The largest absolute Gasteiger partial charge is 0.0995 e. The highest BCUT2D eigenvalue weighted by Gasteiger charge is 2.66.